The van der Waals surface area contributed by atoms with Crippen LogP contribution in [0.15, 0.2) is 78.2 Å². The number of amides is 2. The minimum absolute atomic E-state index is 0.0203. The molecular weight excluding hydrogens is 404 g/mol. The maximum atomic E-state index is 13.4. The minimum Gasteiger partial charge on any atom is -0.341 e. The van der Waals surface area contributed by atoms with Crippen molar-refractivity contribution in [2.45, 2.75) is 31.7 Å². The van der Waals surface area contributed by atoms with Crippen molar-refractivity contribution in [3.05, 3.63) is 94.2 Å². The van der Waals surface area contributed by atoms with E-state index in [2.05, 4.69) is 29.6 Å². The van der Waals surface area contributed by atoms with Crippen molar-refractivity contribution < 1.29 is 9.59 Å². The first-order valence-electron chi connectivity index (χ1n) is 10.9. The van der Waals surface area contributed by atoms with E-state index >= 15 is 0 Å². The van der Waals surface area contributed by atoms with Gasteiger partial charge in [0.15, 0.2) is 0 Å². The number of piperidine rings is 1. The molecule has 0 saturated carbocycles. The van der Waals surface area contributed by atoms with Gasteiger partial charge in [0.2, 0.25) is 5.91 Å². The summed E-state index contributed by atoms with van der Waals surface area (Å²) in [6.45, 7) is 1.49. The lowest BCUT2D eigenvalue weighted by Gasteiger charge is -2.34. The summed E-state index contributed by atoms with van der Waals surface area (Å²) in [6.07, 6.45) is 3.56. The fraction of sp³-hybridized carbons (Fsp3) is 0.308. The van der Waals surface area contributed by atoms with Gasteiger partial charge < -0.3 is 10.2 Å². The summed E-state index contributed by atoms with van der Waals surface area (Å²) < 4.78 is 0. The Hall–Kier alpha value is -2.92. The summed E-state index contributed by atoms with van der Waals surface area (Å²) in [6, 6.07) is 23.5. The summed E-state index contributed by atoms with van der Waals surface area (Å²) in [5, 5.41) is 4.87. The predicted octanol–water partition coefficient (Wildman–Crippen LogP) is 4.57. The van der Waals surface area contributed by atoms with E-state index in [4.69, 9.17) is 0 Å². The molecule has 2 amide bonds. The molecule has 1 fully saturated rings. The highest BCUT2D eigenvalue weighted by Crippen LogP contribution is 2.22. The highest BCUT2D eigenvalue weighted by atomic mass is 32.1. The first-order valence-corrected chi connectivity index (χ1v) is 11.8. The Balaban J connectivity index is 1.40. The van der Waals surface area contributed by atoms with Gasteiger partial charge in [0.05, 0.1) is 4.88 Å². The topological polar surface area (TPSA) is 49.4 Å². The first kappa shape index (κ1) is 21.3. The Kier molecular flexibility index (Phi) is 7.15. The van der Waals surface area contributed by atoms with Crippen LogP contribution < -0.4 is 5.32 Å². The molecular formula is C26H28N2O2S. The summed E-state index contributed by atoms with van der Waals surface area (Å²) in [5.74, 6) is 0.440. The van der Waals surface area contributed by atoms with E-state index in [1.807, 2.05) is 52.7 Å². The Bertz CT molecular complexity index is 965. The summed E-state index contributed by atoms with van der Waals surface area (Å²) in [5.41, 5.74) is 2.41. The second-order valence-electron chi connectivity index (χ2n) is 8.15. The van der Waals surface area contributed by atoms with Gasteiger partial charge in [0.1, 0.15) is 6.04 Å². The Morgan fingerprint density at radius 3 is 2.16 bits per heavy atom. The van der Waals surface area contributed by atoms with Crippen LogP contribution >= 0.6 is 11.3 Å². The number of likely N-dealkylation sites (tertiary alicyclic amines) is 1. The van der Waals surface area contributed by atoms with E-state index in [1.165, 1.54) is 16.9 Å². The molecule has 3 aromatic rings. The molecule has 0 aliphatic carbocycles. The number of carbonyl (C=O) groups excluding carboxylic acids is 2. The van der Waals surface area contributed by atoms with Crippen LogP contribution in [0.3, 0.4) is 0 Å². The molecule has 4 rings (SSSR count). The highest BCUT2D eigenvalue weighted by Gasteiger charge is 2.30. The smallest absolute Gasteiger partial charge is 0.262 e. The van der Waals surface area contributed by atoms with Crippen LogP contribution in [-0.2, 0) is 17.6 Å². The van der Waals surface area contributed by atoms with E-state index in [-0.39, 0.29) is 11.8 Å². The summed E-state index contributed by atoms with van der Waals surface area (Å²) in [7, 11) is 0. The van der Waals surface area contributed by atoms with Crippen molar-refractivity contribution in [2.24, 2.45) is 5.92 Å². The SMILES string of the molecule is O=C(N[C@@H](Cc1ccccc1)C(=O)N1CCC(Cc2ccccc2)CC1)c1cccs1. The van der Waals surface area contributed by atoms with Crippen molar-refractivity contribution in [1.29, 1.82) is 0 Å². The minimum atomic E-state index is -0.553. The fourth-order valence-corrected chi connectivity index (χ4v) is 4.84. The second-order valence-corrected chi connectivity index (χ2v) is 9.10. The van der Waals surface area contributed by atoms with Gasteiger partial charge in [-0.1, -0.05) is 66.7 Å². The molecule has 5 heteroatoms. The van der Waals surface area contributed by atoms with Gasteiger partial charge >= 0.3 is 0 Å². The lowest BCUT2D eigenvalue weighted by atomic mass is 9.90. The molecule has 1 saturated heterocycles. The predicted molar refractivity (Wildman–Crippen MR) is 125 cm³/mol. The van der Waals surface area contributed by atoms with Gasteiger partial charge in [0, 0.05) is 19.5 Å². The van der Waals surface area contributed by atoms with Crippen LogP contribution in [0, 0.1) is 5.92 Å². The van der Waals surface area contributed by atoms with Crippen LogP contribution in [0.2, 0.25) is 0 Å². The number of hydrogen-bond acceptors (Lipinski definition) is 3. The number of carbonyl (C=O) groups is 2. The van der Waals surface area contributed by atoms with Gasteiger partial charge in [0.25, 0.3) is 5.91 Å². The van der Waals surface area contributed by atoms with Crippen LogP contribution in [-0.4, -0.2) is 35.8 Å². The van der Waals surface area contributed by atoms with Crippen LogP contribution in [0.1, 0.15) is 33.6 Å². The van der Waals surface area contributed by atoms with Gasteiger partial charge in [-0.3, -0.25) is 9.59 Å². The van der Waals surface area contributed by atoms with Crippen molar-refractivity contribution in [3.63, 3.8) is 0 Å². The number of nitrogens with zero attached hydrogens (tertiary/aromatic N) is 1. The van der Waals surface area contributed by atoms with Crippen molar-refractivity contribution >= 4 is 23.2 Å². The third kappa shape index (κ3) is 5.82. The fourth-order valence-electron chi connectivity index (χ4n) is 4.21. The molecule has 2 aromatic carbocycles. The van der Waals surface area contributed by atoms with E-state index in [0.29, 0.717) is 17.2 Å². The van der Waals surface area contributed by atoms with Crippen molar-refractivity contribution in [2.75, 3.05) is 13.1 Å². The molecule has 4 nitrogen and oxygen atoms in total. The molecule has 1 aromatic heterocycles. The average molecular weight is 433 g/mol. The average Bonchev–Trinajstić information content (AvgIpc) is 3.35. The second kappa shape index (κ2) is 10.4. The number of rotatable bonds is 7. The molecule has 1 atom stereocenters. The van der Waals surface area contributed by atoms with E-state index in [9.17, 15) is 9.59 Å². The third-order valence-corrected chi connectivity index (χ3v) is 6.79. The number of benzene rings is 2. The largest absolute Gasteiger partial charge is 0.341 e. The van der Waals surface area contributed by atoms with Crippen molar-refractivity contribution in [1.82, 2.24) is 10.2 Å². The molecule has 2 heterocycles. The van der Waals surface area contributed by atoms with E-state index in [1.54, 1.807) is 6.07 Å². The Labute approximate surface area is 187 Å². The summed E-state index contributed by atoms with van der Waals surface area (Å²) >= 11 is 1.39. The Morgan fingerprint density at radius 1 is 0.903 bits per heavy atom. The molecule has 160 valence electrons. The summed E-state index contributed by atoms with van der Waals surface area (Å²) in [4.78, 5) is 28.6. The lowest BCUT2D eigenvalue weighted by molar-refractivity contribution is -0.134. The monoisotopic (exact) mass is 432 g/mol. The van der Waals surface area contributed by atoms with Gasteiger partial charge in [-0.2, -0.15) is 0 Å². The molecule has 0 unspecified atom stereocenters. The van der Waals surface area contributed by atoms with Gasteiger partial charge in [-0.05, 0) is 47.8 Å². The first-order chi connectivity index (χ1) is 15.2. The molecule has 1 aliphatic heterocycles. The third-order valence-electron chi connectivity index (χ3n) is 5.92. The molecule has 0 spiro atoms. The standard InChI is InChI=1S/C26H28N2O2S/c29-25(24-12-7-17-31-24)27-23(19-21-10-5-2-6-11-21)26(30)28-15-13-22(14-16-28)18-20-8-3-1-4-9-20/h1-12,17,22-23H,13-16,18-19H2,(H,27,29)/t23-/m0/s1. The maximum Gasteiger partial charge on any atom is 0.262 e. The number of nitrogens with one attached hydrogen (secondary N) is 1. The van der Waals surface area contributed by atoms with E-state index < -0.39 is 6.04 Å². The maximum absolute atomic E-state index is 13.4. The van der Waals surface area contributed by atoms with Gasteiger partial charge in [-0.25, -0.2) is 0 Å². The van der Waals surface area contributed by atoms with Gasteiger partial charge in [-0.15, -0.1) is 11.3 Å². The van der Waals surface area contributed by atoms with Crippen LogP contribution in [0.5, 0.6) is 0 Å². The van der Waals surface area contributed by atoms with Crippen molar-refractivity contribution in [3.8, 4) is 0 Å². The van der Waals surface area contributed by atoms with E-state index in [0.717, 1.165) is 37.9 Å². The highest BCUT2D eigenvalue weighted by molar-refractivity contribution is 7.12. The lowest BCUT2D eigenvalue weighted by Crippen LogP contribution is -2.51. The number of thiophene rings is 1. The normalized spacial score (nSPS) is 15.4. The Morgan fingerprint density at radius 2 is 1.55 bits per heavy atom. The molecule has 0 bridgehead atoms. The zero-order valence-corrected chi connectivity index (χ0v) is 18.4. The molecule has 1 N–H and O–H groups in total. The zero-order valence-electron chi connectivity index (χ0n) is 17.6. The quantitative estimate of drug-likeness (QED) is 0.595. The number of hydrogen-bond donors (Lipinski definition) is 1. The molecule has 31 heavy (non-hydrogen) atoms. The molecule has 0 radical (unpaired) electrons. The van der Waals surface area contributed by atoms with Crippen LogP contribution in [0.25, 0.3) is 0 Å². The molecule has 1 aliphatic rings. The zero-order chi connectivity index (χ0) is 21.5. The van der Waals surface area contributed by atoms with Crippen LogP contribution in [0.4, 0.5) is 0 Å².